The lowest BCUT2D eigenvalue weighted by Gasteiger charge is -2.32. The van der Waals surface area contributed by atoms with Gasteiger partial charge in [-0.05, 0) is 72.0 Å². The van der Waals surface area contributed by atoms with Crippen molar-refractivity contribution >= 4 is 23.2 Å². The third-order valence-electron chi connectivity index (χ3n) is 5.56. The number of anilines is 2. The van der Waals surface area contributed by atoms with Crippen LogP contribution in [0.2, 0.25) is 0 Å². The molecule has 0 spiro atoms. The van der Waals surface area contributed by atoms with Crippen molar-refractivity contribution in [3.05, 3.63) is 89.2 Å². The molecule has 166 valence electrons. The Hall–Kier alpha value is -3.87. The van der Waals surface area contributed by atoms with Crippen LogP contribution in [0.1, 0.15) is 42.5 Å². The van der Waals surface area contributed by atoms with Gasteiger partial charge >= 0.3 is 5.97 Å². The van der Waals surface area contributed by atoms with Crippen molar-refractivity contribution in [2.45, 2.75) is 38.8 Å². The molecule has 0 bridgehead atoms. The number of hydrogen-bond donors (Lipinski definition) is 5. The largest absolute Gasteiger partial charge is 0.479 e. The Morgan fingerprint density at radius 1 is 1.09 bits per heavy atom. The van der Waals surface area contributed by atoms with Crippen LogP contribution in [0.25, 0.3) is 0 Å². The highest BCUT2D eigenvalue weighted by atomic mass is 16.4. The van der Waals surface area contributed by atoms with Crippen LogP contribution < -0.4 is 16.4 Å². The smallest absolute Gasteiger partial charge is 0.334 e. The van der Waals surface area contributed by atoms with E-state index in [-0.39, 0.29) is 5.84 Å². The third-order valence-corrected chi connectivity index (χ3v) is 5.56. The third kappa shape index (κ3) is 5.06. The van der Waals surface area contributed by atoms with E-state index < -0.39 is 11.5 Å². The molecule has 0 aliphatic heterocycles. The highest BCUT2D eigenvalue weighted by molar-refractivity contribution is 5.95. The van der Waals surface area contributed by atoms with E-state index >= 15 is 0 Å². The van der Waals surface area contributed by atoms with E-state index in [1.807, 2.05) is 44.2 Å². The summed E-state index contributed by atoms with van der Waals surface area (Å²) < 4.78 is 0. The van der Waals surface area contributed by atoms with Gasteiger partial charge in [0, 0.05) is 35.9 Å². The summed E-state index contributed by atoms with van der Waals surface area (Å²) in [7, 11) is 0. The quantitative estimate of drug-likeness (QED) is 0.240. The number of benzene rings is 2. The second kappa shape index (κ2) is 9.96. The Morgan fingerprint density at radius 2 is 1.84 bits per heavy atom. The van der Waals surface area contributed by atoms with Crippen LogP contribution in [0, 0.1) is 5.41 Å². The van der Waals surface area contributed by atoms with E-state index in [9.17, 15) is 9.90 Å². The van der Waals surface area contributed by atoms with Crippen molar-refractivity contribution < 1.29 is 9.90 Å². The maximum Gasteiger partial charge on any atom is 0.334 e. The van der Waals surface area contributed by atoms with E-state index in [4.69, 9.17) is 11.1 Å². The predicted molar refractivity (Wildman–Crippen MR) is 128 cm³/mol. The van der Waals surface area contributed by atoms with Gasteiger partial charge in [-0.25, -0.2) is 4.79 Å². The molecule has 3 aromatic rings. The molecule has 0 fully saturated rings. The first-order valence-corrected chi connectivity index (χ1v) is 10.6. The van der Waals surface area contributed by atoms with E-state index in [0.29, 0.717) is 29.8 Å². The second-order valence-electron chi connectivity index (χ2n) is 7.67. The van der Waals surface area contributed by atoms with Gasteiger partial charge in [-0.1, -0.05) is 26.0 Å². The van der Waals surface area contributed by atoms with Gasteiger partial charge in [0.05, 0.1) is 0 Å². The topological polar surface area (TPSA) is 124 Å². The first kappa shape index (κ1) is 22.8. The molecule has 1 heterocycles. The molecule has 3 rings (SSSR count). The van der Waals surface area contributed by atoms with Crippen molar-refractivity contribution in [1.82, 2.24) is 4.98 Å². The lowest BCUT2D eigenvalue weighted by Crippen LogP contribution is -2.43. The highest BCUT2D eigenvalue weighted by Crippen LogP contribution is 2.33. The summed E-state index contributed by atoms with van der Waals surface area (Å²) in [6.45, 7) is 4.49. The van der Waals surface area contributed by atoms with Crippen molar-refractivity contribution in [2.75, 3.05) is 10.6 Å². The molecule has 2 aromatic carbocycles. The normalized spacial score (nSPS) is 12.6. The van der Waals surface area contributed by atoms with Gasteiger partial charge in [-0.3, -0.25) is 10.4 Å². The lowest BCUT2D eigenvalue weighted by atomic mass is 9.85. The Bertz CT molecular complexity index is 1080. The second-order valence-corrected chi connectivity index (χ2v) is 7.67. The van der Waals surface area contributed by atoms with Gasteiger partial charge < -0.3 is 21.5 Å². The first-order valence-electron chi connectivity index (χ1n) is 10.6. The molecule has 1 atom stereocenters. The summed E-state index contributed by atoms with van der Waals surface area (Å²) in [5.41, 5.74) is 9.07. The fourth-order valence-corrected chi connectivity index (χ4v) is 3.62. The van der Waals surface area contributed by atoms with E-state index in [0.717, 1.165) is 23.2 Å². The summed E-state index contributed by atoms with van der Waals surface area (Å²) in [6.07, 6.45) is 4.65. The fraction of sp³-hybridized carbons (Fsp3) is 0.240. The van der Waals surface area contributed by atoms with Crippen molar-refractivity contribution in [3.8, 4) is 0 Å². The molecule has 0 saturated heterocycles. The van der Waals surface area contributed by atoms with Crippen LogP contribution >= 0.6 is 0 Å². The van der Waals surface area contributed by atoms with Gasteiger partial charge in [0.1, 0.15) is 5.84 Å². The number of aryl methyl sites for hydroxylation is 1. The number of carboxylic acids is 1. The number of nitrogen functional groups attached to an aromatic ring is 1. The number of nitrogens with two attached hydrogens (primary N) is 1. The zero-order chi connectivity index (χ0) is 23.1. The van der Waals surface area contributed by atoms with E-state index in [1.54, 1.807) is 36.7 Å². The van der Waals surface area contributed by atoms with Gasteiger partial charge in [0.2, 0.25) is 0 Å². The van der Waals surface area contributed by atoms with Gasteiger partial charge in [-0.15, -0.1) is 0 Å². The molecule has 0 amide bonds. The van der Waals surface area contributed by atoms with Gasteiger partial charge in [0.15, 0.2) is 5.54 Å². The number of pyridine rings is 1. The number of carboxylic acid groups (broad SMARTS) is 1. The van der Waals surface area contributed by atoms with E-state index in [2.05, 4.69) is 15.6 Å². The summed E-state index contributed by atoms with van der Waals surface area (Å²) in [5, 5.41) is 24.5. The number of nitrogens with zero attached hydrogens (tertiary/aromatic N) is 1. The summed E-state index contributed by atoms with van der Waals surface area (Å²) >= 11 is 0. The molecule has 32 heavy (non-hydrogen) atoms. The lowest BCUT2D eigenvalue weighted by molar-refractivity contribution is -0.142. The molecular formula is C25H29N5O2. The predicted octanol–water partition coefficient (Wildman–Crippen LogP) is 4.34. The monoisotopic (exact) mass is 431 g/mol. The van der Waals surface area contributed by atoms with Crippen molar-refractivity contribution in [1.29, 1.82) is 5.41 Å². The number of nitrogens with one attached hydrogen (secondary N) is 3. The molecule has 0 aliphatic rings. The minimum atomic E-state index is -1.31. The average Bonchev–Trinajstić information content (AvgIpc) is 2.81. The Kier molecular flexibility index (Phi) is 7.10. The summed E-state index contributed by atoms with van der Waals surface area (Å²) in [5.74, 6) is -0.987. The molecule has 1 aromatic heterocycles. The maximum atomic E-state index is 12.6. The minimum absolute atomic E-state index is 0.0310. The molecule has 1 unspecified atom stereocenters. The molecule has 6 N–H and O–H groups in total. The standard InChI is InChI=1S/C25H29N5O2/c1-3-17-12-20(14-22(13-17)29-16-18-6-5-11-28-15-18)25(4-2,24(31)32)30-21-9-7-19(8-10-21)23(26)27/h5-15,29-30H,3-4,16H2,1-2H3,(H3,26,27)(H,31,32). The van der Waals surface area contributed by atoms with E-state index in [1.165, 1.54) is 0 Å². The van der Waals surface area contributed by atoms with Crippen molar-refractivity contribution in [2.24, 2.45) is 5.73 Å². The molecular weight excluding hydrogens is 402 g/mol. The Labute approximate surface area is 188 Å². The van der Waals surface area contributed by atoms with Crippen LogP contribution in [0.15, 0.2) is 67.0 Å². The van der Waals surface area contributed by atoms with Gasteiger partial charge in [0.25, 0.3) is 0 Å². The number of aliphatic carboxylic acids is 1. The Balaban J connectivity index is 1.96. The first-order chi connectivity index (χ1) is 15.4. The number of carbonyl (C=O) groups is 1. The molecule has 7 heteroatoms. The molecule has 0 aliphatic carbocycles. The minimum Gasteiger partial charge on any atom is -0.479 e. The molecule has 0 radical (unpaired) electrons. The van der Waals surface area contributed by atoms with Crippen LogP contribution in [0.4, 0.5) is 11.4 Å². The van der Waals surface area contributed by atoms with Crippen LogP contribution in [-0.4, -0.2) is 21.9 Å². The number of hydrogen-bond acceptors (Lipinski definition) is 5. The van der Waals surface area contributed by atoms with Crippen molar-refractivity contribution in [3.63, 3.8) is 0 Å². The van der Waals surface area contributed by atoms with Crippen LogP contribution in [-0.2, 0) is 23.3 Å². The fourth-order valence-electron chi connectivity index (χ4n) is 3.62. The number of amidine groups is 1. The summed E-state index contributed by atoms with van der Waals surface area (Å²) in [6, 6.07) is 16.7. The number of aromatic nitrogens is 1. The van der Waals surface area contributed by atoms with Crippen LogP contribution in [0.3, 0.4) is 0 Å². The molecule has 0 saturated carbocycles. The number of rotatable bonds is 10. The molecule has 7 nitrogen and oxygen atoms in total. The van der Waals surface area contributed by atoms with Crippen LogP contribution in [0.5, 0.6) is 0 Å². The zero-order valence-electron chi connectivity index (χ0n) is 18.4. The SMILES string of the molecule is CCc1cc(NCc2cccnc2)cc(C(CC)(Nc2ccc(C(=N)N)cc2)C(=O)O)c1. The Morgan fingerprint density at radius 3 is 2.41 bits per heavy atom. The van der Waals surface area contributed by atoms with Gasteiger partial charge in [-0.2, -0.15) is 0 Å². The highest BCUT2D eigenvalue weighted by Gasteiger charge is 2.39. The summed E-state index contributed by atoms with van der Waals surface area (Å²) in [4.78, 5) is 16.7. The maximum absolute atomic E-state index is 12.6. The zero-order valence-corrected chi connectivity index (χ0v) is 18.4. The average molecular weight is 432 g/mol.